The lowest BCUT2D eigenvalue weighted by atomic mass is 9.97. The van der Waals surface area contributed by atoms with Crippen molar-refractivity contribution in [2.75, 3.05) is 32.7 Å². The molecule has 0 radical (unpaired) electrons. The first-order valence-corrected chi connectivity index (χ1v) is 11.4. The van der Waals surface area contributed by atoms with Gasteiger partial charge >= 0.3 is 0 Å². The molecule has 0 aliphatic carbocycles. The Morgan fingerprint density at radius 3 is 1.62 bits per heavy atom. The Hall–Kier alpha value is -1.94. The van der Waals surface area contributed by atoms with E-state index < -0.39 is 0 Å². The molecule has 0 bridgehead atoms. The Bertz CT molecular complexity index is 805. The fourth-order valence-electron chi connectivity index (χ4n) is 3.94. The fraction of sp³-hybridized carbons (Fsp3) is 0.462. The molecule has 3 rings (SSSR count). The molecule has 3 aromatic carbocycles. The van der Waals surface area contributed by atoms with Crippen LogP contribution in [0.4, 0.5) is 0 Å². The molecule has 0 amide bonds. The Balaban J connectivity index is 1.36. The predicted molar refractivity (Wildman–Crippen MR) is 128 cm³/mol. The van der Waals surface area contributed by atoms with Gasteiger partial charge in [0.2, 0.25) is 0 Å². The van der Waals surface area contributed by atoms with Gasteiger partial charge in [-0.25, -0.2) is 0 Å². The smallest absolute Gasteiger partial charge is 0.0217 e. The predicted octanol–water partition coefficient (Wildman–Crippen LogP) is 5.23. The molecule has 0 saturated heterocycles. The van der Waals surface area contributed by atoms with Crippen LogP contribution >= 0.6 is 0 Å². The SMILES string of the molecule is CCCNCCCCNCCCCNCc1c2ccccc2cc2ccccc12. The Kier molecular flexibility index (Phi) is 9.44. The number of rotatable bonds is 14. The average molecular weight is 392 g/mol. The van der Waals surface area contributed by atoms with Crippen LogP contribution in [0.25, 0.3) is 21.5 Å². The first-order chi connectivity index (χ1) is 14.4. The minimum Gasteiger partial charge on any atom is -0.317 e. The van der Waals surface area contributed by atoms with E-state index in [2.05, 4.69) is 77.5 Å². The van der Waals surface area contributed by atoms with Crippen LogP contribution < -0.4 is 16.0 Å². The quantitative estimate of drug-likeness (QED) is 0.260. The summed E-state index contributed by atoms with van der Waals surface area (Å²) in [4.78, 5) is 0. The molecule has 0 heterocycles. The second-order valence-electron chi connectivity index (χ2n) is 7.89. The third kappa shape index (κ3) is 6.81. The number of hydrogen-bond acceptors (Lipinski definition) is 3. The first-order valence-electron chi connectivity index (χ1n) is 11.4. The van der Waals surface area contributed by atoms with Crippen LogP contribution in [0.2, 0.25) is 0 Å². The maximum absolute atomic E-state index is 3.68. The van der Waals surface area contributed by atoms with Gasteiger partial charge in [-0.1, -0.05) is 55.5 Å². The van der Waals surface area contributed by atoms with Crippen molar-refractivity contribution in [1.82, 2.24) is 16.0 Å². The highest BCUT2D eigenvalue weighted by Gasteiger charge is 2.06. The summed E-state index contributed by atoms with van der Waals surface area (Å²) >= 11 is 0. The zero-order chi connectivity index (χ0) is 20.2. The van der Waals surface area contributed by atoms with E-state index >= 15 is 0 Å². The van der Waals surface area contributed by atoms with Gasteiger partial charge in [-0.15, -0.1) is 0 Å². The Labute approximate surface area is 176 Å². The second kappa shape index (κ2) is 12.6. The monoisotopic (exact) mass is 391 g/mol. The van der Waals surface area contributed by atoms with E-state index in [0.29, 0.717) is 0 Å². The summed E-state index contributed by atoms with van der Waals surface area (Å²) in [6.45, 7) is 8.79. The minimum absolute atomic E-state index is 0.931. The van der Waals surface area contributed by atoms with Gasteiger partial charge in [0, 0.05) is 6.54 Å². The lowest BCUT2D eigenvalue weighted by Gasteiger charge is -2.13. The van der Waals surface area contributed by atoms with Crippen molar-refractivity contribution in [2.45, 2.75) is 45.6 Å². The lowest BCUT2D eigenvalue weighted by molar-refractivity contribution is 0.553. The summed E-state index contributed by atoms with van der Waals surface area (Å²) in [5, 5.41) is 16.1. The van der Waals surface area contributed by atoms with Gasteiger partial charge in [-0.3, -0.25) is 0 Å². The number of nitrogens with one attached hydrogen (secondary N) is 3. The highest BCUT2D eigenvalue weighted by molar-refractivity contribution is 6.02. The van der Waals surface area contributed by atoms with Gasteiger partial charge in [-0.2, -0.15) is 0 Å². The lowest BCUT2D eigenvalue weighted by Crippen LogP contribution is -2.21. The molecule has 0 unspecified atom stereocenters. The molecule has 3 aromatic rings. The van der Waals surface area contributed by atoms with Gasteiger partial charge in [0.15, 0.2) is 0 Å². The van der Waals surface area contributed by atoms with E-state index in [9.17, 15) is 0 Å². The third-order valence-corrected chi connectivity index (χ3v) is 5.53. The average Bonchev–Trinajstić information content (AvgIpc) is 2.76. The zero-order valence-corrected chi connectivity index (χ0v) is 18.0. The van der Waals surface area contributed by atoms with Crippen molar-refractivity contribution in [1.29, 1.82) is 0 Å². The molecule has 0 atom stereocenters. The number of unbranched alkanes of at least 4 members (excludes halogenated alkanes) is 2. The summed E-state index contributed by atoms with van der Waals surface area (Å²) in [7, 11) is 0. The number of hydrogen-bond donors (Lipinski definition) is 3. The first kappa shape index (κ1) is 21.8. The van der Waals surface area contributed by atoms with Crippen LogP contribution in [0, 0.1) is 0 Å². The molecule has 0 spiro atoms. The minimum atomic E-state index is 0.931. The van der Waals surface area contributed by atoms with E-state index in [1.807, 2.05) is 0 Å². The molecule has 3 N–H and O–H groups in total. The van der Waals surface area contributed by atoms with Crippen molar-refractivity contribution in [2.24, 2.45) is 0 Å². The van der Waals surface area contributed by atoms with E-state index in [1.165, 1.54) is 59.2 Å². The van der Waals surface area contributed by atoms with Crippen molar-refractivity contribution in [3.63, 3.8) is 0 Å². The molecule has 3 heteroatoms. The van der Waals surface area contributed by atoms with E-state index in [0.717, 1.165) is 39.3 Å². The van der Waals surface area contributed by atoms with Crippen LogP contribution in [0.3, 0.4) is 0 Å². The summed E-state index contributed by atoms with van der Waals surface area (Å²) in [6, 6.07) is 19.8. The molecule has 156 valence electrons. The molecule has 0 aliphatic heterocycles. The molecule has 0 fully saturated rings. The zero-order valence-electron chi connectivity index (χ0n) is 18.0. The van der Waals surface area contributed by atoms with Crippen LogP contribution in [0.1, 0.15) is 44.6 Å². The summed E-state index contributed by atoms with van der Waals surface area (Å²) in [6.07, 6.45) is 6.21. The second-order valence-corrected chi connectivity index (χ2v) is 7.89. The van der Waals surface area contributed by atoms with Crippen molar-refractivity contribution in [3.05, 3.63) is 60.2 Å². The largest absolute Gasteiger partial charge is 0.317 e. The van der Waals surface area contributed by atoms with E-state index in [1.54, 1.807) is 0 Å². The van der Waals surface area contributed by atoms with Crippen molar-refractivity contribution in [3.8, 4) is 0 Å². The standard InChI is InChI=1S/C26H37N3/c1-2-15-27-16-7-8-17-28-18-9-10-19-29-21-26-24-13-5-3-11-22(24)20-23-12-4-6-14-25(23)26/h3-6,11-14,20,27-29H,2,7-10,15-19,21H2,1H3. The van der Waals surface area contributed by atoms with Crippen LogP contribution in [0.5, 0.6) is 0 Å². The van der Waals surface area contributed by atoms with Gasteiger partial charge in [0.1, 0.15) is 0 Å². The molecular formula is C26H37N3. The van der Waals surface area contributed by atoms with Gasteiger partial charge < -0.3 is 16.0 Å². The van der Waals surface area contributed by atoms with Crippen molar-refractivity contribution < 1.29 is 0 Å². The van der Waals surface area contributed by atoms with Crippen LogP contribution in [-0.4, -0.2) is 32.7 Å². The Morgan fingerprint density at radius 1 is 0.586 bits per heavy atom. The summed E-state index contributed by atoms with van der Waals surface area (Å²) < 4.78 is 0. The topological polar surface area (TPSA) is 36.1 Å². The highest BCUT2D eigenvalue weighted by Crippen LogP contribution is 2.28. The maximum atomic E-state index is 3.68. The summed E-state index contributed by atoms with van der Waals surface area (Å²) in [5.41, 5.74) is 1.42. The molecule has 0 aliphatic rings. The molecule has 29 heavy (non-hydrogen) atoms. The molecule has 0 aromatic heterocycles. The van der Waals surface area contributed by atoms with E-state index in [-0.39, 0.29) is 0 Å². The van der Waals surface area contributed by atoms with Gasteiger partial charge in [0.25, 0.3) is 0 Å². The Morgan fingerprint density at radius 2 is 1.07 bits per heavy atom. The molecular weight excluding hydrogens is 354 g/mol. The maximum Gasteiger partial charge on any atom is 0.0217 e. The van der Waals surface area contributed by atoms with Crippen LogP contribution in [0.15, 0.2) is 54.6 Å². The summed E-state index contributed by atoms with van der Waals surface area (Å²) in [5.74, 6) is 0. The highest BCUT2D eigenvalue weighted by atomic mass is 14.9. The molecule has 0 saturated carbocycles. The van der Waals surface area contributed by atoms with Crippen LogP contribution in [-0.2, 0) is 6.54 Å². The molecule has 3 nitrogen and oxygen atoms in total. The van der Waals surface area contributed by atoms with Crippen molar-refractivity contribution >= 4 is 21.5 Å². The number of benzene rings is 3. The fourth-order valence-corrected chi connectivity index (χ4v) is 3.94. The van der Waals surface area contributed by atoms with Gasteiger partial charge in [0.05, 0.1) is 0 Å². The third-order valence-electron chi connectivity index (χ3n) is 5.53. The van der Waals surface area contributed by atoms with E-state index in [4.69, 9.17) is 0 Å². The van der Waals surface area contributed by atoms with Gasteiger partial charge in [-0.05, 0) is 98.0 Å². The number of fused-ring (bicyclic) bond motifs is 2. The normalized spacial score (nSPS) is 11.5.